The minimum absolute atomic E-state index is 0.0904. The van der Waals surface area contributed by atoms with Gasteiger partial charge in [-0.05, 0) is 36.6 Å². The predicted octanol–water partition coefficient (Wildman–Crippen LogP) is 3.16. The molecule has 1 aliphatic carbocycles. The molecule has 0 aromatic carbocycles. The molecule has 27 heavy (non-hydrogen) atoms. The SMILES string of the molecule is CC(C)CC(=O)Nc1cc(-c2cccs2)nn1-c1nc2c(c(=O)[nH]1)CCC2. The molecule has 8 heteroatoms. The normalized spacial score (nSPS) is 13.1. The minimum atomic E-state index is -0.125. The molecule has 140 valence electrons. The molecule has 1 amide bonds. The Kier molecular flexibility index (Phi) is 4.65. The van der Waals surface area contributed by atoms with E-state index in [0.717, 1.165) is 41.1 Å². The van der Waals surface area contributed by atoms with E-state index in [-0.39, 0.29) is 17.4 Å². The number of aryl methyl sites for hydroxylation is 1. The molecule has 7 nitrogen and oxygen atoms in total. The molecule has 3 aromatic rings. The number of amides is 1. The third-order valence-corrected chi connectivity index (χ3v) is 5.37. The van der Waals surface area contributed by atoms with E-state index in [9.17, 15) is 9.59 Å². The molecule has 0 saturated heterocycles. The molecule has 0 atom stereocenters. The van der Waals surface area contributed by atoms with Crippen molar-refractivity contribution in [3.05, 3.63) is 45.2 Å². The first kappa shape index (κ1) is 17.7. The van der Waals surface area contributed by atoms with Crippen LogP contribution in [0.25, 0.3) is 16.5 Å². The van der Waals surface area contributed by atoms with Gasteiger partial charge < -0.3 is 5.32 Å². The highest BCUT2D eigenvalue weighted by Gasteiger charge is 2.21. The number of anilines is 1. The number of hydrogen-bond donors (Lipinski definition) is 2. The van der Waals surface area contributed by atoms with E-state index in [4.69, 9.17) is 0 Å². The number of nitrogens with zero attached hydrogens (tertiary/aromatic N) is 3. The van der Waals surface area contributed by atoms with Crippen LogP contribution in [0.1, 0.15) is 37.9 Å². The number of fused-ring (bicyclic) bond motifs is 1. The van der Waals surface area contributed by atoms with Crippen LogP contribution >= 0.6 is 11.3 Å². The van der Waals surface area contributed by atoms with Crippen LogP contribution in [0.15, 0.2) is 28.4 Å². The third kappa shape index (κ3) is 3.57. The molecule has 3 heterocycles. The highest BCUT2D eigenvalue weighted by Crippen LogP contribution is 2.28. The van der Waals surface area contributed by atoms with E-state index < -0.39 is 0 Å². The quantitative estimate of drug-likeness (QED) is 0.708. The molecule has 0 bridgehead atoms. The second-order valence-corrected chi connectivity index (χ2v) is 8.07. The van der Waals surface area contributed by atoms with E-state index in [2.05, 4.69) is 20.4 Å². The van der Waals surface area contributed by atoms with Crippen molar-refractivity contribution in [1.82, 2.24) is 19.7 Å². The van der Waals surface area contributed by atoms with Gasteiger partial charge in [0, 0.05) is 18.1 Å². The summed E-state index contributed by atoms with van der Waals surface area (Å²) in [6, 6.07) is 5.73. The van der Waals surface area contributed by atoms with Gasteiger partial charge in [-0.1, -0.05) is 19.9 Å². The predicted molar refractivity (Wildman–Crippen MR) is 105 cm³/mol. The molecular formula is C19H21N5O2S. The van der Waals surface area contributed by atoms with Crippen LogP contribution in [0.5, 0.6) is 0 Å². The molecule has 1 aliphatic rings. The highest BCUT2D eigenvalue weighted by atomic mass is 32.1. The Balaban J connectivity index is 1.77. The lowest BCUT2D eigenvalue weighted by Crippen LogP contribution is -2.21. The van der Waals surface area contributed by atoms with Crippen molar-refractivity contribution in [1.29, 1.82) is 0 Å². The lowest BCUT2D eigenvalue weighted by Gasteiger charge is -2.10. The summed E-state index contributed by atoms with van der Waals surface area (Å²) in [5, 5.41) is 9.49. The Morgan fingerprint density at radius 3 is 3.00 bits per heavy atom. The van der Waals surface area contributed by atoms with Crippen molar-refractivity contribution < 1.29 is 4.79 Å². The number of rotatable bonds is 5. The fraction of sp³-hybridized carbons (Fsp3) is 0.368. The van der Waals surface area contributed by atoms with Crippen molar-refractivity contribution in [2.75, 3.05) is 5.32 Å². The topological polar surface area (TPSA) is 92.7 Å². The van der Waals surface area contributed by atoms with Gasteiger partial charge in [0.05, 0.1) is 10.6 Å². The number of thiophene rings is 1. The van der Waals surface area contributed by atoms with Crippen LogP contribution in [0.3, 0.4) is 0 Å². The van der Waals surface area contributed by atoms with E-state index in [1.807, 2.05) is 37.4 Å². The Labute approximate surface area is 160 Å². The molecule has 0 fully saturated rings. The van der Waals surface area contributed by atoms with Crippen LogP contribution in [0.4, 0.5) is 5.82 Å². The van der Waals surface area contributed by atoms with Crippen LogP contribution < -0.4 is 10.9 Å². The summed E-state index contributed by atoms with van der Waals surface area (Å²) >= 11 is 1.57. The second-order valence-electron chi connectivity index (χ2n) is 7.12. The molecule has 0 unspecified atom stereocenters. The number of aromatic nitrogens is 4. The van der Waals surface area contributed by atoms with Gasteiger partial charge in [0.25, 0.3) is 5.56 Å². The molecule has 2 N–H and O–H groups in total. The van der Waals surface area contributed by atoms with Crippen LogP contribution in [0.2, 0.25) is 0 Å². The van der Waals surface area contributed by atoms with E-state index in [0.29, 0.717) is 18.2 Å². The first-order valence-electron chi connectivity index (χ1n) is 9.07. The molecule has 0 aliphatic heterocycles. The number of hydrogen-bond acceptors (Lipinski definition) is 5. The smallest absolute Gasteiger partial charge is 0.255 e. The number of carbonyl (C=O) groups excluding carboxylic acids is 1. The summed E-state index contributed by atoms with van der Waals surface area (Å²) in [6.45, 7) is 3.99. The Morgan fingerprint density at radius 2 is 2.26 bits per heavy atom. The summed E-state index contributed by atoms with van der Waals surface area (Å²) in [7, 11) is 0. The van der Waals surface area contributed by atoms with Crippen molar-refractivity contribution in [2.45, 2.75) is 39.5 Å². The average Bonchev–Trinajstić information content (AvgIpc) is 3.34. The zero-order chi connectivity index (χ0) is 19.0. The Bertz CT molecular complexity index is 1030. The van der Waals surface area contributed by atoms with Crippen LogP contribution in [0, 0.1) is 5.92 Å². The summed E-state index contributed by atoms with van der Waals surface area (Å²) in [6.07, 6.45) is 2.90. The number of aromatic amines is 1. The second kappa shape index (κ2) is 7.11. The van der Waals surface area contributed by atoms with Gasteiger partial charge in [-0.25, -0.2) is 4.98 Å². The number of nitrogens with one attached hydrogen (secondary N) is 2. The van der Waals surface area contributed by atoms with Gasteiger partial charge in [0.2, 0.25) is 11.9 Å². The van der Waals surface area contributed by atoms with E-state index in [1.54, 1.807) is 11.3 Å². The van der Waals surface area contributed by atoms with Crippen molar-refractivity contribution >= 4 is 23.1 Å². The maximum atomic E-state index is 12.4. The molecular weight excluding hydrogens is 362 g/mol. The largest absolute Gasteiger partial charge is 0.310 e. The van der Waals surface area contributed by atoms with Gasteiger partial charge in [0.15, 0.2) is 0 Å². The Hall–Kier alpha value is -2.74. The van der Waals surface area contributed by atoms with Crippen molar-refractivity contribution in [2.24, 2.45) is 5.92 Å². The first-order chi connectivity index (χ1) is 13.0. The van der Waals surface area contributed by atoms with Gasteiger partial charge in [0.1, 0.15) is 11.5 Å². The third-order valence-electron chi connectivity index (χ3n) is 4.47. The summed E-state index contributed by atoms with van der Waals surface area (Å²) < 4.78 is 1.52. The fourth-order valence-electron chi connectivity index (χ4n) is 3.27. The zero-order valence-corrected chi connectivity index (χ0v) is 16.1. The van der Waals surface area contributed by atoms with Gasteiger partial charge >= 0.3 is 0 Å². The minimum Gasteiger partial charge on any atom is -0.310 e. The maximum absolute atomic E-state index is 12.4. The summed E-state index contributed by atoms with van der Waals surface area (Å²) in [5.74, 6) is 0.997. The first-order valence-corrected chi connectivity index (χ1v) is 9.95. The fourth-order valence-corrected chi connectivity index (χ4v) is 3.95. The van der Waals surface area contributed by atoms with Crippen molar-refractivity contribution in [3.63, 3.8) is 0 Å². The molecule has 0 spiro atoms. The summed E-state index contributed by atoms with van der Waals surface area (Å²) in [4.78, 5) is 33.1. The molecule has 0 saturated carbocycles. The maximum Gasteiger partial charge on any atom is 0.255 e. The van der Waals surface area contributed by atoms with Gasteiger partial charge in [-0.2, -0.15) is 9.78 Å². The lowest BCUT2D eigenvalue weighted by molar-refractivity contribution is -0.116. The van der Waals surface area contributed by atoms with E-state index in [1.165, 1.54) is 4.68 Å². The Morgan fingerprint density at radius 1 is 1.41 bits per heavy atom. The standard InChI is InChI=1S/C19H21N5O2S/c1-11(2)9-17(25)21-16-10-14(15-7-4-8-27-15)23-24(16)19-20-13-6-3-5-12(13)18(26)22-19/h4,7-8,10-11H,3,5-6,9H2,1-2H3,(H,21,25)(H,20,22,26). The highest BCUT2D eigenvalue weighted by molar-refractivity contribution is 7.13. The monoisotopic (exact) mass is 383 g/mol. The van der Waals surface area contributed by atoms with Gasteiger partial charge in [-0.3, -0.25) is 14.6 Å². The van der Waals surface area contributed by atoms with Crippen LogP contribution in [-0.2, 0) is 17.6 Å². The van der Waals surface area contributed by atoms with Crippen LogP contribution in [-0.4, -0.2) is 25.7 Å². The average molecular weight is 383 g/mol. The van der Waals surface area contributed by atoms with Crippen molar-refractivity contribution in [3.8, 4) is 16.5 Å². The summed E-state index contributed by atoms with van der Waals surface area (Å²) in [5.41, 5.74) is 2.18. The van der Waals surface area contributed by atoms with Gasteiger partial charge in [-0.15, -0.1) is 11.3 Å². The van der Waals surface area contributed by atoms with E-state index >= 15 is 0 Å². The number of carbonyl (C=O) groups is 1. The molecule has 3 aromatic heterocycles. The zero-order valence-electron chi connectivity index (χ0n) is 15.3. The lowest BCUT2D eigenvalue weighted by atomic mass is 10.1. The molecule has 0 radical (unpaired) electrons. The number of H-pyrrole nitrogens is 1. The molecule has 4 rings (SSSR count).